The molecule has 3 rings (SSSR count). The van der Waals surface area contributed by atoms with Crippen molar-refractivity contribution in [3.63, 3.8) is 0 Å². The van der Waals surface area contributed by atoms with Crippen molar-refractivity contribution in [1.82, 2.24) is 9.62 Å². The van der Waals surface area contributed by atoms with Gasteiger partial charge in [0, 0.05) is 19.1 Å². The zero-order valence-corrected chi connectivity index (χ0v) is 17.5. The number of carbonyl (C=O) groups excluding carboxylic acids is 1. The van der Waals surface area contributed by atoms with Crippen LogP contribution in [-0.4, -0.2) is 37.8 Å². The van der Waals surface area contributed by atoms with E-state index >= 15 is 0 Å². The highest BCUT2D eigenvalue weighted by Gasteiger charge is 2.33. The molecule has 7 heteroatoms. The lowest BCUT2D eigenvalue weighted by molar-refractivity contribution is 0.0949. The fourth-order valence-corrected chi connectivity index (χ4v) is 5.46. The third-order valence-electron chi connectivity index (χ3n) is 5.08. The Hall–Kier alpha value is -1.89. The van der Waals surface area contributed by atoms with Crippen LogP contribution in [0.15, 0.2) is 53.4 Å². The molecule has 1 aliphatic rings. The Balaban J connectivity index is 1.66. The fourth-order valence-electron chi connectivity index (χ4n) is 3.52. The van der Waals surface area contributed by atoms with Gasteiger partial charge in [-0.1, -0.05) is 47.9 Å². The van der Waals surface area contributed by atoms with Crippen LogP contribution in [0.3, 0.4) is 0 Å². The predicted octanol–water partition coefficient (Wildman–Crippen LogP) is 4.01. The summed E-state index contributed by atoms with van der Waals surface area (Å²) >= 11 is 6.06. The molecule has 0 saturated carbocycles. The Labute approximate surface area is 171 Å². The first-order chi connectivity index (χ1) is 13.4. The maximum absolute atomic E-state index is 13.1. The molecule has 0 aliphatic carbocycles. The first kappa shape index (κ1) is 20.8. The van der Waals surface area contributed by atoms with Gasteiger partial charge in [-0.3, -0.25) is 4.79 Å². The highest BCUT2D eigenvalue weighted by molar-refractivity contribution is 7.89. The van der Waals surface area contributed by atoms with Crippen LogP contribution in [0.1, 0.15) is 41.6 Å². The van der Waals surface area contributed by atoms with Crippen LogP contribution in [0.5, 0.6) is 0 Å². The molecular formula is C21H25ClN2O3S. The van der Waals surface area contributed by atoms with Crippen LogP contribution < -0.4 is 5.32 Å². The van der Waals surface area contributed by atoms with E-state index in [0.717, 1.165) is 24.8 Å². The molecule has 150 valence electrons. The van der Waals surface area contributed by atoms with Crippen LogP contribution in [0.2, 0.25) is 5.02 Å². The Morgan fingerprint density at radius 1 is 1.14 bits per heavy atom. The number of halogens is 1. The van der Waals surface area contributed by atoms with Crippen molar-refractivity contribution in [3.05, 3.63) is 64.7 Å². The van der Waals surface area contributed by atoms with Gasteiger partial charge >= 0.3 is 0 Å². The molecule has 0 bridgehead atoms. The molecule has 0 spiro atoms. The van der Waals surface area contributed by atoms with Gasteiger partial charge in [0.1, 0.15) is 0 Å². The van der Waals surface area contributed by atoms with E-state index < -0.39 is 10.0 Å². The number of hydrogen-bond donors (Lipinski definition) is 1. The number of hydrogen-bond acceptors (Lipinski definition) is 3. The SMILES string of the molecule is Cc1ccc(S(=O)(=O)N2CCCCC2CCNC(=O)c2ccccc2Cl)cc1. The van der Waals surface area contributed by atoms with Crippen molar-refractivity contribution in [3.8, 4) is 0 Å². The maximum atomic E-state index is 13.1. The lowest BCUT2D eigenvalue weighted by atomic mass is 10.0. The van der Waals surface area contributed by atoms with Gasteiger partial charge in [-0.15, -0.1) is 0 Å². The second-order valence-corrected chi connectivity index (χ2v) is 9.40. The average molecular weight is 421 g/mol. The minimum atomic E-state index is -3.54. The molecule has 1 N–H and O–H groups in total. The van der Waals surface area contributed by atoms with Crippen LogP contribution in [-0.2, 0) is 10.0 Å². The first-order valence-electron chi connectivity index (χ1n) is 9.51. The van der Waals surface area contributed by atoms with E-state index in [9.17, 15) is 13.2 Å². The van der Waals surface area contributed by atoms with Crippen LogP contribution >= 0.6 is 11.6 Å². The summed E-state index contributed by atoms with van der Waals surface area (Å²) in [5.74, 6) is -0.241. The van der Waals surface area contributed by atoms with Gasteiger partial charge in [0.05, 0.1) is 15.5 Å². The number of nitrogens with zero attached hydrogens (tertiary/aromatic N) is 1. The number of amides is 1. The van der Waals surface area contributed by atoms with E-state index in [1.807, 2.05) is 19.1 Å². The first-order valence-corrected chi connectivity index (χ1v) is 11.3. The summed E-state index contributed by atoms with van der Waals surface area (Å²) < 4.78 is 27.8. The number of carbonyl (C=O) groups is 1. The van der Waals surface area contributed by atoms with Crippen molar-refractivity contribution in [2.45, 2.75) is 43.5 Å². The zero-order valence-electron chi connectivity index (χ0n) is 15.9. The average Bonchev–Trinajstić information content (AvgIpc) is 2.69. The van der Waals surface area contributed by atoms with E-state index in [1.165, 1.54) is 0 Å². The van der Waals surface area contributed by atoms with E-state index in [-0.39, 0.29) is 11.9 Å². The number of nitrogens with one attached hydrogen (secondary N) is 1. The highest BCUT2D eigenvalue weighted by Crippen LogP contribution is 2.27. The molecule has 1 unspecified atom stereocenters. The van der Waals surface area contributed by atoms with Gasteiger partial charge < -0.3 is 5.32 Å². The van der Waals surface area contributed by atoms with Gasteiger partial charge in [-0.25, -0.2) is 8.42 Å². The normalized spacial score (nSPS) is 18.0. The van der Waals surface area contributed by atoms with Gasteiger partial charge in [0.2, 0.25) is 10.0 Å². The summed E-state index contributed by atoms with van der Waals surface area (Å²) in [6.07, 6.45) is 3.21. The van der Waals surface area contributed by atoms with E-state index in [2.05, 4.69) is 5.32 Å². The Kier molecular flexibility index (Phi) is 6.75. The molecule has 0 aromatic heterocycles. The molecule has 0 radical (unpaired) electrons. The summed E-state index contributed by atoms with van der Waals surface area (Å²) in [6.45, 7) is 2.84. The molecule has 1 fully saturated rings. The topological polar surface area (TPSA) is 66.5 Å². The Bertz CT molecular complexity index is 929. The molecule has 1 atom stereocenters. The van der Waals surface area contributed by atoms with Crippen molar-refractivity contribution in [1.29, 1.82) is 0 Å². The Morgan fingerprint density at radius 3 is 2.57 bits per heavy atom. The molecular weight excluding hydrogens is 396 g/mol. The number of sulfonamides is 1. The van der Waals surface area contributed by atoms with Crippen LogP contribution in [0.25, 0.3) is 0 Å². The van der Waals surface area contributed by atoms with E-state index in [1.54, 1.807) is 40.7 Å². The Morgan fingerprint density at radius 2 is 1.86 bits per heavy atom. The minimum Gasteiger partial charge on any atom is -0.352 e. The summed E-state index contributed by atoms with van der Waals surface area (Å²) in [5.41, 5.74) is 1.45. The fraction of sp³-hybridized carbons (Fsp3) is 0.381. The standard InChI is InChI=1S/C21H25ClN2O3S/c1-16-9-11-18(12-10-16)28(26,27)24-15-5-4-6-17(24)13-14-23-21(25)19-7-2-3-8-20(19)22/h2-3,7-12,17H,4-6,13-15H2,1H3,(H,23,25). The molecule has 28 heavy (non-hydrogen) atoms. The molecule has 1 saturated heterocycles. The van der Waals surface area contributed by atoms with Crippen LogP contribution in [0.4, 0.5) is 0 Å². The van der Waals surface area contributed by atoms with Crippen LogP contribution in [0, 0.1) is 6.92 Å². The molecule has 5 nitrogen and oxygen atoms in total. The van der Waals surface area contributed by atoms with Gasteiger partial charge in [-0.05, 0) is 50.5 Å². The lowest BCUT2D eigenvalue weighted by Gasteiger charge is -2.34. The molecule has 1 heterocycles. The summed E-state index contributed by atoms with van der Waals surface area (Å²) in [5, 5.41) is 3.27. The third-order valence-corrected chi connectivity index (χ3v) is 7.38. The smallest absolute Gasteiger partial charge is 0.252 e. The predicted molar refractivity (Wildman–Crippen MR) is 111 cm³/mol. The largest absolute Gasteiger partial charge is 0.352 e. The summed E-state index contributed by atoms with van der Waals surface area (Å²) in [6, 6.07) is 13.7. The molecule has 1 amide bonds. The monoisotopic (exact) mass is 420 g/mol. The van der Waals surface area contributed by atoms with Gasteiger partial charge in [0.25, 0.3) is 5.91 Å². The number of rotatable bonds is 6. The third kappa shape index (κ3) is 4.74. The minimum absolute atomic E-state index is 0.119. The molecule has 1 aliphatic heterocycles. The van der Waals surface area contributed by atoms with E-state index in [4.69, 9.17) is 11.6 Å². The molecule has 2 aromatic rings. The van der Waals surface area contributed by atoms with Crippen molar-refractivity contribution < 1.29 is 13.2 Å². The second-order valence-electron chi connectivity index (χ2n) is 7.10. The van der Waals surface area contributed by atoms with Crippen molar-refractivity contribution in [2.24, 2.45) is 0 Å². The van der Waals surface area contributed by atoms with Crippen molar-refractivity contribution in [2.75, 3.05) is 13.1 Å². The number of benzene rings is 2. The lowest BCUT2D eigenvalue weighted by Crippen LogP contribution is -2.45. The van der Waals surface area contributed by atoms with E-state index in [0.29, 0.717) is 35.0 Å². The maximum Gasteiger partial charge on any atom is 0.252 e. The number of aryl methyl sites for hydroxylation is 1. The van der Waals surface area contributed by atoms with Crippen molar-refractivity contribution >= 4 is 27.5 Å². The quantitative estimate of drug-likeness (QED) is 0.767. The summed E-state index contributed by atoms with van der Waals surface area (Å²) in [7, 11) is -3.54. The highest BCUT2D eigenvalue weighted by atomic mass is 35.5. The molecule has 2 aromatic carbocycles. The van der Waals surface area contributed by atoms with Gasteiger partial charge in [-0.2, -0.15) is 4.31 Å². The summed E-state index contributed by atoms with van der Waals surface area (Å²) in [4.78, 5) is 12.6. The zero-order chi connectivity index (χ0) is 20.1. The van der Waals surface area contributed by atoms with Gasteiger partial charge in [0.15, 0.2) is 0 Å². The number of piperidine rings is 1. The second kappa shape index (κ2) is 9.07.